The van der Waals surface area contributed by atoms with Crippen LogP contribution in [0.5, 0.6) is 0 Å². The van der Waals surface area contributed by atoms with Crippen LogP contribution in [0.4, 0.5) is 0 Å². The van der Waals surface area contributed by atoms with E-state index in [1.54, 1.807) is 0 Å². The fourth-order valence-corrected chi connectivity index (χ4v) is 5.28. The van der Waals surface area contributed by atoms with Crippen LogP contribution in [0.3, 0.4) is 0 Å². The summed E-state index contributed by atoms with van der Waals surface area (Å²) in [6.07, 6.45) is 9.90. The summed E-state index contributed by atoms with van der Waals surface area (Å²) >= 11 is 0. The summed E-state index contributed by atoms with van der Waals surface area (Å²) in [7, 11) is 0. The molecule has 1 fully saturated rings. The predicted octanol–water partition coefficient (Wildman–Crippen LogP) is 5.40. The van der Waals surface area contributed by atoms with Crippen LogP contribution >= 0.6 is 0 Å². The summed E-state index contributed by atoms with van der Waals surface area (Å²) in [5.74, 6) is 0.988. The Labute approximate surface area is 205 Å². The highest BCUT2D eigenvalue weighted by Gasteiger charge is 2.31. The van der Waals surface area contributed by atoms with Gasteiger partial charge >= 0.3 is 0 Å². The predicted molar refractivity (Wildman–Crippen MR) is 141 cm³/mol. The van der Waals surface area contributed by atoms with Gasteiger partial charge in [0.05, 0.1) is 17.3 Å². The first kappa shape index (κ1) is 21.9. The zero-order valence-corrected chi connectivity index (χ0v) is 20.1. The van der Waals surface area contributed by atoms with Crippen molar-refractivity contribution in [2.75, 3.05) is 6.54 Å². The van der Waals surface area contributed by atoms with Crippen molar-refractivity contribution in [1.82, 2.24) is 30.0 Å². The summed E-state index contributed by atoms with van der Waals surface area (Å²) < 4.78 is 2.18. The molecule has 2 N–H and O–H groups in total. The molecule has 6 nitrogen and oxygen atoms in total. The Balaban J connectivity index is 1.63. The van der Waals surface area contributed by atoms with Crippen molar-refractivity contribution >= 4 is 16.4 Å². The van der Waals surface area contributed by atoms with E-state index < -0.39 is 0 Å². The van der Waals surface area contributed by atoms with Crippen LogP contribution in [0.1, 0.15) is 38.6 Å². The van der Waals surface area contributed by atoms with Gasteiger partial charge in [0.1, 0.15) is 11.5 Å². The number of hydrogen-bond donors (Lipinski definition) is 2. The number of pyridine rings is 1. The molecule has 35 heavy (non-hydrogen) atoms. The minimum Gasteiger partial charge on any atom is -0.312 e. The molecule has 0 radical (unpaired) electrons. The van der Waals surface area contributed by atoms with Crippen molar-refractivity contribution in [3.8, 4) is 22.4 Å². The van der Waals surface area contributed by atoms with E-state index in [9.17, 15) is 0 Å². The van der Waals surface area contributed by atoms with Gasteiger partial charge in [-0.1, -0.05) is 50.2 Å². The summed E-state index contributed by atoms with van der Waals surface area (Å²) in [6, 6.07) is 19.9. The molecule has 2 atom stereocenters. The minimum absolute atomic E-state index is 0.0699. The molecule has 0 bridgehead atoms. The van der Waals surface area contributed by atoms with Crippen LogP contribution in [-0.4, -0.2) is 38.0 Å². The molecular formula is C29H30N6. The van der Waals surface area contributed by atoms with E-state index in [1.807, 2.05) is 36.9 Å². The number of benzene rings is 2. The third-order valence-corrected chi connectivity index (χ3v) is 6.86. The molecule has 5 aromatic rings. The average molecular weight is 463 g/mol. The van der Waals surface area contributed by atoms with Crippen molar-refractivity contribution in [3.63, 3.8) is 0 Å². The lowest BCUT2D eigenvalue weighted by Crippen LogP contribution is -2.42. The van der Waals surface area contributed by atoms with Crippen molar-refractivity contribution in [2.24, 2.45) is 0 Å². The maximum Gasteiger partial charge on any atom is 0.148 e. The normalized spacial score (nSPS) is 16.9. The third kappa shape index (κ3) is 4.09. The monoisotopic (exact) mass is 462 g/mol. The van der Waals surface area contributed by atoms with E-state index >= 15 is 0 Å². The first-order valence-corrected chi connectivity index (χ1v) is 12.4. The van der Waals surface area contributed by atoms with Crippen molar-refractivity contribution in [1.29, 1.82) is 0 Å². The van der Waals surface area contributed by atoms with Crippen LogP contribution in [0.25, 0.3) is 38.8 Å². The van der Waals surface area contributed by atoms with Gasteiger partial charge in [0.2, 0.25) is 0 Å². The molecule has 6 heteroatoms. The number of aromatic nitrogens is 4. The van der Waals surface area contributed by atoms with Crippen LogP contribution in [0.15, 0.2) is 79.4 Å². The fourth-order valence-electron chi connectivity index (χ4n) is 5.28. The molecule has 0 saturated carbocycles. The van der Waals surface area contributed by atoms with Crippen molar-refractivity contribution < 1.29 is 0 Å². The largest absolute Gasteiger partial charge is 0.312 e. The molecule has 176 valence electrons. The van der Waals surface area contributed by atoms with E-state index in [2.05, 4.69) is 76.3 Å². The average Bonchev–Trinajstić information content (AvgIpc) is 3.59. The summed E-state index contributed by atoms with van der Waals surface area (Å²) in [6.45, 7) is 5.43. The van der Waals surface area contributed by atoms with E-state index in [1.165, 1.54) is 17.2 Å². The number of hydrogen-bond acceptors (Lipinski definition) is 5. The highest BCUT2D eigenvalue weighted by molar-refractivity contribution is 5.95. The van der Waals surface area contributed by atoms with Gasteiger partial charge in [-0.2, -0.15) is 0 Å². The minimum atomic E-state index is 0.0699. The number of nitrogens with one attached hydrogen (secondary N) is 2. The van der Waals surface area contributed by atoms with Crippen molar-refractivity contribution in [3.05, 3.63) is 85.2 Å². The summed E-state index contributed by atoms with van der Waals surface area (Å²) in [5.41, 5.74) is 5.05. The maximum atomic E-state index is 5.39. The zero-order valence-electron chi connectivity index (χ0n) is 20.1. The Morgan fingerprint density at radius 2 is 1.80 bits per heavy atom. The lowest BCUT2D eigenvalue weighted by Gasteiger charge is -2.28. The molecule has 1 aliphatic rings. The van der Waals surface area contributed by atoms with E-state index in [4.69, 9.17) is 9.97 Å². The molecule has 0 amide bonds. The lowest BCUT2D eigenvalue weighted by atomic mass is 9.97. The van der Waals surface area contributed by atoms with Crippen LogP contribution in [0, 0.1) is 0 Å². The molecule has 0 aliphatic carbocycles. The molecule has 0 spiro atoms. The highest BCUT2D eigenvalue weighted by atomic mass is 15.1. The topological polar surface area (TPSA) is 67.1 Å². The SMILES string of the molecule is CC(C)NC(c1nc(-c2ccncc2)c(-c2ccc3ccccc3c2)c2nccn12)C1CCCN1. The van der Waals surface area contributed by atoms with Gasteiger partial charge in [-0.05, 0) is 53.9 Å². The Hall–Kier alpha value is -3.61. The molecule has 3 aromatic heterocycles. The smallest absolute Gasteiger partial charge is 0.148 e. The van der Waals surface area contributed by atoms with Crippen LogP contribution in [0.2, 0.25) is 0 Å². The quantitative estimate of drug-likeness (QED) is 0.354. The molecular weight excluding hydrogens is 432 g/mol. The summed E-state index contributed by atoms with van der Waals surface area (Å²) in [4.78, 5) is 14.5. The summed E-state index contributed by atoms with van der Waals surface area (Å²) in [5, 5.41) is 9.92. The van der Waals surface area contributed by atoms with Gasteiger partial charge in [0, 0.05) is 42.4 Å². The van der Waals surface area contributed by atoms with Gasteiger partial charge in [-0.25, -0.2) is 9.97 Å². The van der Waals surface area contributed by atoms with Gasteiger partial charge in [-0.3, -0.25) is 9.38 Å². The molecule has 2 unspecified atom stereocenters. The third-order valence-electron chi connectivity index (χ3n) is 6.86. The first-order chi connectivity index (χ1) is 17.2. The van der Waals surface area contributed by atoms with Gasteiger partial charge in [-0.15, -0.1) is 0 Å². The fraction of sp³-hybridized carbons (Fsp3) is 0.276. The Morgan fingerprint density at radius 3 is 2.57 bits per heavy atom. The number of rotatable bonds is 6. The van der Waals surface area contributed by atoms with E-state index in [0.717, 1.165) is 46.8 Å². The molecule has 1 saturated heterocycles. The Bertz CT molecular complexity index is 1470. The zero-order chi connectivity index (χ0) is 23.8. The Morgan fingerprint density at radius 1 is 0.971 bits per heavy atom. The number of imidazole rings is 1. The number of fused-ring (bicyclic) bond motifs is 2. The van der Waals surface area contributed by atoms with E-state index in [-0.39, 0.29) is 6.04 Å². The van der Waals surface area contributed by atoms with Crippen molar-refractivity contribution in [2.45, 2.75) is 44.8 Å². The lowest BCUT2D eigenvalue weighted by molar-refractivity contribution is 0.367. The van der Waals surface area contributed by atoms with Gasteiger partial charge in [0.25, 0.3) is 0 Å². The van der Waals surface area contributed by atoms with Gasteiger partial charge < -0.3 is 10.6 Å². The maximum absolute atomic E-state index is 5.39. The van der Waals surface area contributed by atoms with Crippen LogP contribution in [-0.2, 0) is 0 Å². The van der Waals surface area contributed by atoms with E-state index in [0.29, 0.717) is 12.1 Å². The standard InChI is InChI=1S/C29H30N6/c1-19(2)33-27(24-8-5-13-31-24)29-34-26(21-11-14-30-15-12-21)25(28-32-16-17-35(28)29)23-10-9-20-6-3-4-7-22(20)18-23/h3-4,6-7,9-12,14-19,24,27,31,33H,5,8,13H2,1-2H3. The number of nitrogens with zero attached hydrogens (tertiary/aromatic N) is 4. The highest BCUT2D eigenvalue weighted by Crippen LogP contribution is 2.37. The second kappa shape index (κ2) is 9.21. The second-order valence-electron chi connectivity index (χ2n) is 9.61. The molecule has 2 aromatic carbocycles. The molecule has 1 aliphatic heterocycles. The first-order valence-electron chi connectivity index (χ1n) is 12.4. The van der Waals surface area contributed by atoms with Crippen LogP contribution < -0.4 is 10.6 Å². The van der Waals surface area contributed by atoms with Gasteiger partial charge in [0.15, 0.2) is 0 Å². The second-order valence-corrected chi connectivity index (χ2v) is 9.61. The molecule has 4 heterocycles. The molecule has 6 rings (SSSR count). The Kier molecular flexibility index (Phi) is 5.76.